The van der Waals surface area contributed by atoms with E-state index < -0.39 is 5.60 Å². The number of piperazine rings is 1. The first-order valence-electron chi connectivity index (χ1n) is 6.55. The van der Waals surface area contributed by atoms with Crippen molar-refractivity contribution in [1.29, 1.82) is 0 Å². The van der Waals surface area contributed by atoms with Gasteiger partial charge in [-0.1, -0.05) is 20.3 Å². The zero-order valence-electron chi connectivity index (χ0n) is 11.7. The normalized spacial score (nSPS) is 23.4. The Hall–Kier alpha value is -0.770. The summed E-state index contributed by atoms with van der Waals surface area (Å²) in [6.45, 7) is 12.5. The van der Waals surface area contributed by atoms with Crippen LogP contribution in [0.5, 0.6) is 0 Å². The van der Waals surface area contributed by atoms with Crippen LogP contribution in [0.15, 0.2) is 0 Å². The van der Waals surface area contributed by atoms with E-state index in [0.717, 1.165) is 26.1 Å². The van der Waals surface area contributed by atoms with Crippen molar-refractivity contribution in [2.24, 2.45) is 5.92 Å². The molecule has 0 saturated carbocycles. The summed E-state index contributed by atoms with van der Waals surface area (Å²) in [6.07, 6.45) is 0.898. The topological polar surface area (TPSA) is 41.6 Å². The first-order valence-corrected chi connectivity index (χ1v) is 6.55. The number of amides is 1. The molecule has 1 aliphatic rings. The van der Waals surface area contributed by atoms with E-state index in [0.29, 0.717) is 5.92 Å². The van der Waals surface area contributed by atoms with Crippen LogP contribution in [-0.4, -0.2) is 42.3 Å². The Morgan fingerprint density at radius 3 is 2.71 bits per heavy atom. The third-order valence-corrected chi connectivity index (χ3v) is 3.21. The van der Waals surface area contributed by atoms with E-state index in [-0.39, 0.29) is 12.1 Å². The Morgan fingerprint density at radius 1 is 1.53 bits per heavy atom. The van der Waals surface area contributed by atoms with E-state index >= 15 is 0 Å². The predicted molar refractivity (Wildman–Crippen MR) is 69.1 cm³/mol. The van der Waals surface area contributed by atoms with Crippen LogP contribution in [0.25, 0.3) is 0 Å². The van der Waals surface area contributed by atoms with Crippen molar-refractivity contribution in [2.45, 2.75) is 52.7 Å². The third-order valence-electron chi connectivity index (χ3n) is 3.21. The van der Waals surface area contributed by atoms with Gasteiger partial charge in [0.05, 0.1) is 6.04 Å². The molecule has 1 fully saturated rings. The van der Waals surface area contributed by atoms with Gasteiger partial charge in [0.1, 0.15) is 5.60 Å². The lowest BCUT2D eigenvalue weighted by atomic mass is 9.96. The van der Waals surface area contributed by atoms with Crippen molar-refractivity contribution in [2.75, 3.05) is 19.6 Å². The van der Waals surface area contributed by atoms with E-state index in [2.05, 4.69) is 19.2 Å². The van der Waals surface area contributed by atoms with E-state index in [4.69, 9.17) is 4.74 Å². The molecule has 0 aromatic rings. The summed E-state index contributed by atoms with van der Waals surface area (Å²) in [7, 11) is 0. The van der Waals surface area contributed by atoms with Crippen LogP contribution >= 0.6 is 0 Å². The second-order valence-corrected chi connectivity index (χ2v) is 5.83. The molecule has 2 atom stereocenters. The highest BCUT2D eigenvalue weighted by Crippen LogP contribution is 2.19. The van der Waals surface area contributed by atoms with Gasteiger partial charge in [-0.25, -0.2) is 4.79 Å². The maximum atomic E-state index is 12.1. The molecule has 0 unspecified atom stereocenters. The molecule has 0 aliphatic carbocycles. The maximum Gasteiger partial charge on any atom is 0.410 e. The average Bonchev–Trinajstić information content (AvgIpc) is 2.25. The first kappa shape index (κ1) is 14.3. The molecule has 1 aliphatic heterocycles. The number of hydrogen-bond acceptors (Lipinski definition) is 3. The second-order valence-electron chi connectivity index (χ2n) is 5.83. The fourth-order valence-corrected chi connectivity index (χ4v) is 2.05. The fourth-order valence-electron chi connectivity index (χ4n) is 2.05. The molecule has 1 saturated heterocycles. The minimum absolute atomic E-state index is 0.177. The van der Waals surface area contributed by atoms with Gasteiger partial charge >= 0.3 is 6.09 Å². The lowest BCUT2D eigenvalue weighted by molar-refractivity contribution is 0.00525. The van der Waals surface area contributed by atoms with E-state index in [9.17, 15) is 4.79 Å². The highest BCUT2D eigenvalue weighted by Gasteiger charge is 2.32. The summed E-state index contributed by atoms with van der Waals surface area (Å²) < 4.78 is 5.46. The molecule has 1 rings (SSSR count). The molecule has 0 radical (unpaired) electrons. The zero-order chi connectivity index (χ0) is 13.1. The molecule has 0 aromatic heterocycles. The zero-order valence-corrected chi connectivity index (χ0v) is 11.7. The molecule has 0 spiro atoms. The summed E-state index contributed by atoms with van der Waals surface area (Å²) in [4.78, 5) is 14.0. The van der Waals surface area contributed by atoms with Crippen LogP contribution in [-0.2, 0) is 4.74 Å². The van der Waals surface area contributed by atoms with Gasteiger partial charge in [0, 0.05) is 19.6 Å². The number of ether oxygens (including phenoxy) is 1. The highest BCUT2D eigenvalue weighted by atomic mass is 16.6. The van der Waals surface area contributed by atoms with Crippen LogP contribution in [0, 0.1) is 5.92 Å². The van der Waals surface area contributed by atoms with Crippen LogP contribution in [0.1, 0.15) is 41.0 Å². The van der Waals surface area contributed by atoms with Gasteiger partial charge < -0.3 is 15.0 Å². The number of rotatable bonds is 2. The standard InChI is InChI=1S/C13H26N2O2/c1-6-10(2)11-9-14-7-8-15(11)12(16)17-13(3,4)5/h10-11,14H,6-9H2,1-5H3/t10-,11-/m1/s1. The van der Waals surface area contributed by atoms with Gasteiger partial charge in [0.25, 0.3) is 0 Å². The Morgan fingerprint density at radius 2 is 2.18 bits per heavy atom. The fraction of sp³-hybridized carbons (Fsp3) is 0.923. The summed E-state index contributed by atoms with van der Waals surface area (Å²) in [5, 5.41) is 3.35. The van der Waals surface area contributed by atoms with Gasteiger partial charge in [0.2, 0.25) is 0 Å². The Balaban J connectivity index is 2.67. The summed E-state index contributed by atoms with van der Waals surface area (Å²) in [6, 6.07) is 0.253. The van der Waals surface area contributed by atoms with E-state index in [1.54, 1.807) is 0 Å². The van der Waals surface area contributed by atoms with Crippen molar-refractivity contribution >= 4 is 6.09 Å². The van der Waals surface area contributed by atoms with Crippen molar-refractivity contribution in [3.05, 3.63) is 0 Å². The Kier molecular flexibility index (Phi) is 4.80. The van der Waals surface area contributed by atoms with Crippen LogP contribution in [0.4, 0.5) is 4.79 Å². The largest absolute Gasteiger partial charge is 0.444 e. The number of nitrogens with zero attached hydrogens (tertiary/aromatic N) is 1. The average molecular weight is 242 g/mol. The molecule has 4 heteroatoms. The first-order chi connectivity index (χ1) is 7.85. The number of carbonyl (C=O) groups excluding carboxylic acids is 1. The number of carbonyl (C=O) groups is 1. The molecular weight excluding hydrogens is 216 g/mol. The molecular formula is C13H26N2O2. The van der Waals surface area contributed by atoms with Crippen LogP contribution in [0.3, 0.4) is 0 Å². The van der Waals surface area contributed by atoms with Gasteiger partial charge in [-0.15, -0.1) is 0 Å². The maximum absolute atomic E-state index is 12.1. The molecule has 100 valence electrons. The molecule has 17 heavy (non-hydrogen) atoms. The molecule has 0 bridgehead atoms. The lowest BCUT2D eigenvalue weighted by Gasteiger charge is -2.39. The minimum Gasteiger partial charge on any atom is -0.444 e. The predicted octanol–water partition coefficient (Wildman–Crippen LogP) is 2.24. The molecule has 1 amide bonds. The molecule has 4 nitrogen and oxygen atoms in total. The highest BCUT2D eigenvalue weighted by molar-refractivity contribution is 5.68. The van der Waals surface area contributed by atoms with Gasteiger partial charge in [-0.2, -0.15) is 0 Å². The van der Waals surface area contributed by atoms with E-state index in [1.807, 2.05) is 25.7 Å². The van der Waals surface area contributed by atoms with Gasteiger partial charge in [-0.05, 0) is 26.7 Å². The quantitative estimate of drug-likeness (QED) is 0.807. The SMILES string of the molecule is CC[C@@H](C)[C@H]1CNCCN1C(=O)OC(C)(C)C. The Labute approximate surface area is 105 Å². The van der Waals surface area contributed by atoms with Gasteiger partial charge in [-0.3, -0.25) is 0 Å². The summed E-state index contributed by atoms with van der Waals surface area (Å²) >= 11 is 0. The van der Waals surface area contributed by atoms with Crippen molar-refractivity contribution in [3.63, 3.8) is 0 Å². The molecule has 0 aromatic carbocycles. The van der Waals surface area contributed by atoms with Crippen LogP contribution < -0.4 is 5.32 Å². The van der Waals surface area contributed by atoms with Crippen molar-refractivity contribution in [3.8, 4) is 0 Å². The number of nitrogens with one attached hydrogen (secondary N) is 1. The third kappa shape index (κ3) is 4.19. The summed E-state index contributed by atoms with van der Waals surface area (Å²) in [5.74, 6) is 0.496. The molecule has 1 N–H and O–H groups in total. The van der Waals surface area contributed by atoms with Crippen molar-refractivity contribution in [1.82, 2.24) is 10.2 Å². The lowest BCUT2D eigenvalue weighted by Crippen LogP contribution is -2.56. The van der Waals surface area contributed by atoms with Gasteiger partial charge in [0.15, 0.2) is 0 Å². The smallest absolute Gasteiger partial charge is 0.410 e. The van der Waals surface area contributed by atoms with Crippen LogP contribution in [0.2, 0.25) is 0 Å². The second kappa shape index (κ2) is 5.71. The van der Waals surface area contributed by atoms with Crippen molar-refractivity contribution < 1.29 is 9.53 Å². The Bertz CT molecular complexity index is 261. The molecule has 1 heterocycles. The monoisotopic (exact) mass is 242 g/mol. The number of hydrogen-bond donors (Lipinski definition) is 1. The van der Waals surface area contributed by atoms with E-state index in [1.165, 1.54) is 0 Å². The summed E-state index contributed by atoms with van der Waals surface area (Å²) in [5.41, 5.74) is -0.415. The minimum atomic E-state index is -0.415.